The summed E-state index contributed by atoms with van der Waals surface area (Å²) in [6, 6.07) is 8.61. The van der Waals surface area contributed by atoms with Crippen molar-refractivity contribution in [3.05, 3.63) is 35.5 Å². The molecule has 0 aliphatic rings. The SMILES string of the molecule is CCSc1ccc(-c2cnc(CN)s2)cc1. The number of nitrogens with zero attached hydrogens (tertiary/aromatic N) is 1. The molecule has 0 aliphatic carbocycles. The van der Waals surface area contributed by atoms with Gasteiger partial charge in [0, 0.05) is 17.6 Å². The molecule has 0 saturated heterocycles. The molecular formula is C12H14N2S2. The Morgan fingerprint density at radius 2 is 2.06 bits per heavy atom. The van der Waals surface area contributed by atoms with E-state index in [1.165, 1.54) is 15.3 Å². The second-order valence-corrected chi connectivity index (χ2v) is 5.73. The number of rotatable bonds is 4. The van der Waals surface area contributed by atoms with Gasteiger partial charge >= 0.3 is 0 Å². The van der Waals surface area contributed by atoms with Crippen molar-refractivity contribution in [1.29, 1.82) is 0 Å². The number of benzene rings is 1. The Hall–Kier alpha value is -0.840. The zero-order valence-corrected chi connectivity index (χ0v) is 10.8. The van der Waals surface area contributed by atoms with E-state index in [1.807, 2.05) is 18.0 Å². The molecule has 16 heavy (non-hydrogen) atoms. The Labute approximate surface area is 104 Å². The first-order valence-electron chi connectivity index (χ1n) is 5.21. The Morgan fingerprint density at radius 3 is 2.62 bits per heavy atom. The lowest BCUT2D eigenvalue weighted by atomic mass is 10.2. The largest absolute Gasteiger partial charge is 0.325 e. The van der Waals surface area contributed by atoms with Crippen LogP contribution in [-0.2, 0) is 6.54 Å². The minimum absolute atomic E-state index is 0.522. The number of thiazole rings is 1. The Kier molecular flexibility index (Phi) is 3.98. The van der Waals surface area contributed by atoms with Gasteiger partial charge in [0.2, 0.25) is 0 Å². The summed E-state index contributed by atoms with van der Waals surface area (Å²) in [5.74, 6) is 1.11. The average molecular weight is 250 g/mol. The Morgan fingerprint density at radius 1 is 1.31 bits per heavy atom. The number of nitrogens with two attached hydrogens (primary N) is 1. The Balaban J connectivity index is 2.20. The fourth-order valence-electron chi connectivity index (χ4n) is 1.42. The third kappa shape index (κ3) is 2.64. The average Bonchev–Trinajstić information content (AvgIpc) is 2.79. The molecule has 0 aliphatic heterocycles. The summed E-state index contributed by atoms with van der Waals surface area (Å²) in [6.45, 7) is 2.68. The Bertz CT molecular complexity index is 448. The van der Waals surface area contributed by atoms with Gasteiger partial charge in [0.1, 0.15) is 5.01 Å². The summed E-state index contributed by atoms with van der Waals surface area (Å²) >= 11 is 3.52. The van der Waals surface area contributed by atoms with E-state index in [-0.39, 0.29) is 0 Å². The number of hydrogen-bond acceptors (Lipinski definition) is 4. The molecule has 84 valence electrons. The molecule has 2 N–H and O–H groups in total. The molecule has 0 saturated carbocycles. The van der Waals surface area contributed by atoms with Crippen LogP contribution >= 0.6 is 23.1 Å². The highest BCUT2D eigenvalue weighted by Crippen LogP contribution is 2.28. The third-order valence-corrected chi connectivity index (χ3v) is 4.14. The fourth-order valence-corrected chi connectivity index (χ4v) is 2.88. The van der Waals surface area contributed by atoms with Gasteiger partial charge in [-0.1, -0.05) is 19.1 Å². The molecule has 2 rings (SSSR count). The summed E-state index contributed by atoms with van der Waals surface area (Å²) in [6.07, 6.45) is 1.90. The van der Waals surface area contributed by atoms with E-state index in [0.717, 1.165) is 10.8 Å². The molecule has 0 radical (unpaired) electrons. The molecule has 1 heterocycles. The number of aromatic nitrogens is 1. The molecule has 4 heteroatoms. The molecule has 1 aromatic carbocycles. The summed E-state index contributed by atoms with van der Waals surface area (Å²) in [5.41, 5.74) is 6.77. The van der Waals surface area contributed by atoms with E-state index in [2.05, 4.69) is 36.2 Å². The van der Waals surface area contributed by atoms with E-state index in [4.69, 9.17) is 5.73 Å². The predicted molar refractivity (Wildman–Crippen MR) is 71.8 cm³/mol. The van der Waals surface area contributed by atoms with Crippen LogP contribution in [0.15, 0.2) is 35.4 Å². The molecule has 2 nitrogen and oxygen atoms in total. The number of hydrogen-bond donors (Lipinski definition) is 1. The van der Waals surface area contributed by atoms with Crippen molar-refractivity contribution in [3.63, 3.8) is 0 Å². The van der Waals surface area contributed by atoms with Gasteiger partial charge in [-0.25, -0.2) is 4.98 Å². The lowest BCUT2D eigenvalue weighted by molar-refractivity contribution is 1.04. The molecule has 0 spiro atoms. The van der Waals surface area contributed by atoms with Gasteiger partial charge in [-0.2, -0.15) is 0 Å². The molecule has 1 aromatic heterocycles. The molecule has 0 fully saturated rings. The van der Waals surface area contributed by atoms with E-state index >= 15 is 0 Å². The van der Waals surface area contributed by atoms with E-state index in [9.17, 15) is 0 Å². The summed E-state index contributed by atoms with van der Waals surface area (Å²) < 4.78 is 0. The zero-order valence-electron chi connectivity index (χ0n) is 9.14. The highest BCUT2D eigenvalue weighted by Gasteiger charge is 2.03. The fraction of sp³-hybridized carbons (Fsp3) is 0.250. The predicted octanol–water partition coefficient (Wildman–Crippen LogP) is 3.38. The van der Waals surface area contributed by atoms with Crippen LogP contribution in [0.3, 0.4) is 0 Å². The monoisotopic (exact) mass is 250 g/mol. The third-order valence-electron chi connectivity index (χ3n) is 2.18. The van der Waals surface area contributed by atoms with Gasteiger partial charge in [0.15, 0.2) is 0 Å². The number of thioether (sulfide) groups is 1. The maximum absolute atomic E-state index is 5.55. The minimum Gasteiger partial charge on any atom is -0.325 e. The second-order valence-electron chi connectivity index (χ2n) is 3.28. The van der Waals surface area contributed by atoms with Crippen molar-refractivity contribution in [1.82, 2.24) is 4.98 Å². The van der Waals surface area contributed by atoms with Crippen molar-refractivity contribution in [2.45, 2.75) is 18.4 Å². The van der Waals surface area contributed by atoms with Gasteiger partial charge in [0.05, 0.1) is 4.88 Å². The van der Waals surface area contributed by atoms with Gasteiger partial charge in [0.25, 0.3) is 0 Å². The van der Waals surface area contributed by atoms with Crippen LogP contribution in [0, 0.1) is 0 Å². The molecule has 0 atom stereocenters. The van der Waals surface area contributed by atoms with Crippen LogP contribution in [0.2, 0.25) is 0 Å². The van der Waals surface area contributed by atoms with Crippen LogP contribution in [0.1, 0.15) is 11.9 Å². The van der Waals surface area contributed by atoms with Crippen LogP contribution in [0.4, 0.5) is 0 Å². The molecule has 0 unspecified atom stereocenters. The van der Waals surface area contributed by atoms with E-state index < -0.39 is 0 Å². The zero-order chi connectivity index (χ0) is 11.4. The molecular weight excluding hydrogens is 236 g/mol. The normalized spacial score (nSPS) is 10.6. The summed E-state index contributed by atoms with van der Waals surface area (Å²) in [5, 5.41) is 0.988. The van der Waals surface area contributed by atoms with Crippen molar-refractivity contribution >= 4 is 23.1 Å². The highest BCUT2D eigenvalue weighted by molar-refractivity contribution is 7.99. The molecule has 0 amide bonds. The molecule has 2 aromatic rings. The molecule has 0 bridgehead atoms. The van der Waals surface area contributed by atoms with Crippen LogP contribution in [-0.4, -0.2) is 10.7 Å². The van der Waals surface area contributed by atoms with Crippen LogP contribution < -0.4 is 5.73 Å². The topological polar surface area (TPSA) is 38.9 Å². The van der Waals surface area contributed by atoms with Crippen LogP contribution in [0.25, 0.3) is 10.4 Å². The lowest BCUT2D eigenvalue weighted by Crippen LogP contribution is -1.93. The quantitative estimate of drug-likeness (QED) is 0.845. The van der Waals surface area contributed by atoms with Gasteiger partial charge in [-0.05, 0) is 23.4 Å². The van der Waals surface area contributed by atoms with E-state index in [1.54, 1.807) is 11.3 Å². The van der Waals surface area contributed by atoms with Gasteiger partial charge in [-0.3, -0.25) is 0 Å². The maximum atomic E-state index is 5.55. The first-order valence-corrected chi connectivity index (χ1v) is 7.01. The van der Waals surface area contributed by atoms with E-state index in [0.29, 0.717) is 6.54 Å². The van der Waals surface area contributed by atoms with Crippen LogP contribution in [0.5, 0.6) is 0 Å². The van der Waals surface area contributed by atoms with Gasteiger partial charge < -0.3 is 5.73 Å². The van der Waals surface area contributed by atoms with Crippen molar-refractivity contribution in [3.8, 4) is 10.4 Å². The highest BCUT2D eigenvalue weighted by atomic mass is 32.2. The van der Waals surface area contributed by atoms with Crippen molar-refractivity contribution in [2.24, 2.45) is 5.73 Å². The lowest BCUT2D eigenvalue weighted by Gasteiger charge is -2.00. The first-order chi connectivity index (χ1) is 7.83. The summed E-state index contributed by atoms with van der Waals surface area (Å²) in [4.78, 5) is 6.76. The van der Waals surface area contributed by atoms with Crippen molar-refractivity contribution < 1.29 is 0 Å². The summed E-state index contributed by atoms with van der Waals surface area (Å²) in [7, 11) is 0. The van der Waals surface area contributed by atoms with Crippen molar-refractivity contribution in [2.75, 3.05) is 5.75 Å². The minimum atomic E-state index is 0.522. The smallest absolute Gasteiger partial charge is 0.107 e. The second kappa shape index (κ2) is 5.48. The first kappa shape index (κ1) is 11.6. The maximum Gasteiger partial charge on any atom is 0.107 e. The standard InChI is InChI=1S/C12H14N2S2/c1-2-15-10-5-3-9(4-6-10)11-8-14-12(7-13)16-11/h3-6,8H,2,7,13H2,1H3. The van der Waals surface area contributed by atoms with Gasteiger partial charge in [-0.15, -0.1) is 23.1 Å².